The average Bonchev–Trinajstić information content (AvgIpc) is 2.88. The fraction of sp³-hybridized carbons (Fsp3) is 0.250. The molecule has 38 heavy (non-hydrogen) atoms. The van der Waals surface area contributed by atoms with Gasteiger partial charge in [-0.1, -0.05) is 70.6 Å². The van der Waals surface area contributed by atoms with Crippen LogP contribution < -0.4 is 15.0 Å². The molecule has 0 fully saturated rings. The van der Waals surface area contributed by atoms with E-state index in [2.05, 4.69) is 21.0 Å². The van der Waals surface area contributed by atoms with E-state index in [1.807, 2.05) is 32.9 Å². The minimum absolute atomic E-state index is 0.0194. The van der Waals surface area contributed by atoms with E-state index in [-0.39, 0.29) is 18.1 Å². The van der Waals surface area contributed by atoms with Gasteiger partial charge in [0.25, 0.3) is 5.56 Å². The van der Waals surface area contributed by atoms with Crippen LogP contribution in [0.1, 0.15) is 50.1 Å². The molecular formula is C28H25BrCl3N3O3. The van der Waals surface area contributed by atoms with E-state index in [4.69, 9.17) is 49.3 Å². The fourth-order valence-electron chi connectivity index (χ4n) is 3.76. The number of hydrogen-bond acceptors (Lipinski definition) is 5. The summed E-state index contributed by atoms with van der Waals surface area (Å²) in [6, 6.07) is 14.1. The Bertz CT molecular complexity index is 1570. The molecule has 0 aliphatic rings. The summed E-state index contributed by atoms with van der Waals surface area (Å²) in [6.07, 6.45) is 2.36. The van der Waals surface area contributed by atoms with E-state index >= 15 is 0 Å². The lowest BCUT2D eigenvalue weighted by Crippen LogP contribution is -2.23. The molecule has 0 unspecified atom stereocenters. The molecule has 0 saturated carbocycles. The molecule has 198 valence electrons. The number of aromatic nitrogens is 2. The summed E-state index contributed by atoms with van der Waals surface area (Å²) >= 11 is 22.3. The zero-order valence-electron chi connectivity index (χ0n) is 21.0. The topological polar surface area (TPSA) is 65.7 Å². The van der Waals surface area contributed by atoms with Crippen LogP contribution in [-0.4, -0.2) is 22.5 Å². The van der Waals surface area contributed by atoms with Crippen molar-refractivity contribution in [2.45, 2.75) is 39.7 Å². The zero-order valence-corrected chi connectivity index (χ0v) is 24.8. The first-order valence-electron chi connectivity index (χ1n) is 12.0. The number of halogens is 4. The van der Waals surface area contributed by atoms with Gasteiger partial charge in [-0.15, -0.1) is 0 Å². The van der Waals surface area contributed by atoms with Gasteiger partial charge in [0.1, 0.15) is 12.4 Å². The summed E-state index contributed by atoms with van der Waals surface area (Å²) in [5, 5.41) is 6.37. The van der Waals surface area contributed by atoms with E-state index in [9.17, 15) is 4.79 Å². The number of hydrogen-bond donors (Lipinski definition) is 0. The van der Waals surface area contributed by atoms with Crippen LogP contribution in [0.3, 0.4) is 0 Å². The molecule has 1 aromatic heterocycles. The molecule has 4 rings (SSSR count). The van der Waals surface area contributed by atoms with Crippen LogP contribution in [0.2, 0.25) is 15.1 Å². The highest BCUT2D eigenvalue weighted by Crippen LogP contribution is 2.37. The molecule has 6 nitrogen and oxygen atoms in total. The maximum absolute atomic E-state index is 13.4. The highest BCUT2D eigenvalue weighted by molar-refractivity contribution is 9.10. The van der Waals surface area contributed by atoms with E-state index in [0.717, 1.165) is 16.5 Å². The maximum atomic E-state index is 13.4. The normalized spacial score (nSPS) is 12.3. The summed E-state index contributed by atoms with van der Waals surface area (Å²) in [7, 11) is 0. The predicted molar refractivity (Wildman–Crippen MR) is 159 cm³/mol. The Morgan fingerprint density at radius 1 is 1.05 bits per heavy atom. The molecule has 0 aliphatic carbocycles. The molecule has 3 aromatic carbocycles. The smallest absolute Gasteiger partial charge is 0.282 e. The van der Waals surface area contributed by atoms with E-state index in [1.165, 1.54) is 4.68 Å². The summed E-state index contributed by atoms with van der Waals surface area (Å²) in [5.74, 6) is 1.43. The van der Waals surface area contributed by atoms with Crippen molar-refractivity contribution < 1.29 is 9.47 Å². The average molecular weight is 638 g/mol. The van der Waals surface area contributed by atoms with Gasteiger partial charge in [0.15, 0.2) is 11.5 Å². The van der Waals surface area contributed by atoms with Crippen molar-refractivity contribution in [3.05, 3.63) is 95.4 Å². The second-order valence-electron chi connectivity index (χ2n) is 8.59. The Morgan fingerprint density at radius 3 is 2.55 bits per heavy atom. The Hall–Kier alpha value is -2.58. The molecule has 0 spiro atoms. The molecule has 0 bridgehead atoms. The fourth-order valence-corrected chi connectivity index (χ4v) is 4.86. The van der Waals surface area contributed by atoms with Gasteiger partial charge in [-0.05, 0) is 61.4 Å². The first kappa shape index (κ1) is 28.4. The van der Waals surface area contributed by atoms with Crippen molar-refractivity contribution in [3.8, 4) is 11.5 Å². The molecule has 10 heteroatoms. The van der Waals surface area contributed by atoms with Crippen molar-refractivity contribution in [2.24, 2.45) is 5.10 Å². The lowest BCUT2D eigenvalue weighted by molar-refractivity contribution is 0.269. The van der Waals surface area contributed by atoms with Crippen molar-refractivity contribution in [1.29, 1.82) is 0 Å². The second kappa shape index (κ2) is 12.5. The molecule has 0 aliphatic heterocycles. The number of fused-ring (bicyclic) bond motifs is 1. The first-order chi connectivity index (χ1) is 18.2. The highest BCUT2D eigenvalue weighted by Gasteiger charge is 2.17. The van der Waals surface area contributed by atoms with Crippen LogP contribution in [0.25, 0.3) is 10.9 Å². The van der Waals surface area contributed by atoms with Gasteiger partial charge < -0.3 is 9.47 Å². The molecule has 4 aromatic rings. The molecule has 0 amide bonds. The Balaban J connectivity index is 1.71. The van der Waals surface area contributed by atoms with Crippen LogP contribution in [0.15, 0.2) is 62.9 Å². The zero-order chi connectivity index (χ0) is 27.4. The van der Waals surface area contributed by atoms with Crippen LogP contribution >= 0.6 is 50.7 Å². The lowest BCUT2D eigenvalue weighted by Gasteiger charge is -2.16. The molecule has 0 N–H and O–H groups in total. The van der Waals surface area contributed by atoms with Crippen molar-refractivity contribution in [1.82, 2.24) is 9.66 Å². The van der Waals surface area contributed by atoms with Gasteiger partial charge >= 0.3 is 0 Å². The third kappa shape index (κ3) is 6.34. The van der Waals surface area contributed by atoms with Gasteiger partial charge in [0.05, 0.1) is 28.7 Å². The van der Waals surface area contributed by atoms with E-state index in [0.29, 0.717) is 55.5 Å². The Kier molecular flexibility index (Phi) is 9.36. The summed E-state index contributed by atoms with van der Waals surface area (Å²) in [6.45, 7) is 6.50. The molecular weight excluding hydrogens is 613 g/mol. The standard InChI is InChI=1S/C28H25BrCl3N3O3/c1-4-16(3)27-34-24-9-7-19(29)12-21(24)28(36)35(27)33-14-17-10-23(32)26(25(11-17)37-5-2)38-15-18-6-8-20(30)13-22(18)31/h6-14,16H,4-5,15H2,1-3H3/t16-/m1/s1. The minimum Gasteiger partial charge on any atom is -0.490 e. The van der Waals surface area contributed by atoms with Crippen molar-refractivity contribution in [3.63, 3.8) is 0 Å². The van der Waals surface area contributed by atoms with Crippen LogP contribution in [-0.2, 0) is 6.61 Å². The van der Waals surface area contributed by atoms with Gasteiger partial charge in [0.2, 0.25) is 0 Å². The van der Waals surface area contributed by atoms with Gasteiger partial charge in [-0.25, -0.2) is 4.98 Å². The Labute approximate surface area is 244 Å². The number of nitrogens with zero attached hydrogens (tertiary/aromatic N) is 3. The van der Waals surface area contributed by atoms with Crippen molar-refractivity contribution in [2.75, 3.05) is 6.61 Å². The summed E-state index contributed by atoms with van der Waals surface area (Å²) in [4.78, 5) is 18.1. The second-order valence-corrected chi connectivity index (χ2v) is 10.8. The van der Waals surface area contributed by atoms with Gasteiger partial charge in [-0.3, -0.25) is 4.79 Å². The van der Waals surface area contributed by atoms with Crippen LogP contribution in [0.5, 0.6) is 11.5 Å². The quantitative estimate of drug-likeness (QED) is 0.173. The largest absolute Gasteiger partial charge is 0.490 e. The molecule has 1 heterocycles. The summed E-state index contributed by atoms with van der Waals surface area (Å²) in [5.41, 5.74) is 1.77. The number of ether oxygens (including phenoxy) is 2. The van der Waals surface area contributed by atoms with Gasteiger partial charge in [-0.2, -0.15) is 9.78 Å². The van der Waals surface area contributed by atoms with E-state index in [1.54, 1.807) is 42.6 Å². The molecule has 0 saturated heterocycles. The van der Waals surface area contributed by atoms with Crippen LogP contribution in [0, 0.1) is 0 Å². The Morgan fingerprint density at radius 2 is 1.84 bits per heavy atom. The predicted octanol–water partition coefficient (Wildman–Crippen LogP) is 8.49. The molecule has 1 atom stereocenters. The van der Waals surface area contributed by atoms with Gasteiger partial charge in [0, 0.05) is 26.0 Å². The number of benzene rings is 3. The van der Waals surface area contributed by atoms with Crippen molar-refractivity contribution >= 4 is 67.9 Å². The third-order valence-corrected chi connectivity index (χ3v) is 7.29. The van der Waals surface area contributed by atoms with Crippen LogP contribution in [0.4, 0.5) is 0 Å². The van der Waals surface area contributed by atoms with E-state index < -0.39 is 0 Å². The maximum Gasteiger partial charge on any atom is 0.282 e. The highest BCUT2D eigenvalue weighted by atomic mass is 79.9. The third-order valence-electron chi connectivity index (χ3n) is 5.93. The minimum atomic E-state index is -0.251. The SMILES string of the molecule is CCOc1cc(C=Nn2c([C@H](C)CC)nc3ccc(Br)cc3c2=O)cc(Cl)c1OCc1ccc(Cl)cc1Cl. The summed E-state index contributed by atoms with van der Waals surface area (Å²) < 4.78 is 13.9. The molecule has 0 radical (unpaired) electrons. The first-order valence-corrected chi connectivity index (χ1v) is 13.9. The monoisotopic (exact) mass is 635 g/mol. The number of rotatable bonds is 9. The lowest BCUT2D eigenvalue weighted by atomic mass is 10.1.